The highest BCUT2D eigenvalue weighted by molar-refractivity contribution is 6.05. The van der Waals surface area contributed by atoms with E-state index in [0.717, 1.165) is 16.5 Å². The Labute approximate surface area is 221 Å². The van der Waals surface area contributed by atoms with Crippen LogP contribution in [0.1, 0.15) is 33.4 Å². The second-order valence-corrected chi connectivity index (χ2v) is 9.27. The molecule has 1 aromatic heterocycles. The van der Waals surface area contributed by atoms with Crippen molar-refractivity contribution in [3.05, 3.63) is 89.6 Å². The van der Waals surface area contributed by atoms with Crippen molar-refractivity contribution in [1.29, 1.82) is 0 Å². The van der Waals surface area contributed by atoms with Gasteiger partial charge in [0.1, 0.15) is 11.5 Å². The van der Waals surface area contributed by atoms with Crippen molar-refractivity contribution in [2.45, 2.75) is 12.0 Å². The van der Waals surface area contributed by atoms with Crippen LogP contribution in [0.25, 0.3) is 10.9 Å². The molecule has 2 amide bonds. The normalized spacial score (nSPS) is 16.8. The first-order valence-electron chi connectivity index (χ1n) is 12.4. The average molecular weight is 514 g/mol. The largest absolute Gasteiger partial charge is 0.497 e. The highest BCUT2D eigenvalue weighted by Crippen LogP contribution is 2.46. The summed E-state index contributed by atoms with van der Waals surface area (Å²) in [5.41, 5.74) is 3.61. The molecule has 0 bridgehead atoms. The minimum atomic E-state index is -0.692. The van der Waals surface area contributed by atoms with Gasteiger partial charge in [-0.3, -0.25) is 9.59 Å². The summed E-state index contributed by atoms with van der Waals surface area (Å²) in [5.74, 6) is 0.0304. The molecule has 5 rings (SSSR count). The SMILES string of the molecule is COCCN1C(=O)c2ccccc2[C@H](C(=O)Nc2cc(OC)ccc2OC)[C@H]1c1cn(C)c2ccccc12. The zero-order chi connectivity index (χ0) is 26.8. The third kappa shape index (κ3) is 4.37. The number of ether oxygens (including phenoxy) is 3. The van der Waals surface area contributed by atoms with Gasteiger partial charge in [-0.2, -0.15) is 0 Å². The molecular weight excluding hydrogens is 482 g/mol. The van der Waals surface area contributed by atoms with E-state index in [1.165, 1.54) is 0 Å². The van der Waals surface area contributed by atoms with Gasteiger partial charge < -0.3 is 29.0 Å². The van der Waals surface area contributed by atoms with Crippen molar-refractivity contribution >= 4 is 28.4 Å². The molecule has 0 unspecified atom stereocenters. The fourth-order valence-corrected chi connectivity index (χ4v) is 5.39. The first-order valence-corrected chi connectivity index (χ1v) is 12.4. The summed E-state index contributed by atoms with van der Waals surface area (Å²) in [5, 5.41) is 4.06. The van der Waals surface area contributed by atoms with Gasteiger partial charge in [-0.25, -0.2) is 0 Å². The van der Waals surface area contributed by atoms with Crippen molar-refractivity contribution in [3.8, 4) is 11.5 Å². The number of aryl methyl sites for hydroxylation is 1. The van der Waals surface area contributed by atoms with Gasteiger partial charge in [-0.15, -0.1) is 0 Å². The van der Waals surface area contributed by atoms with Crippen LogP contribution in [-0.2, 0) is 16.6 Å². The molecule has 0 aliphatic carbocycles. The maximum atomic E-state index is 14.3. The fourth-order valence-electron chi connectivity index (χ4n) is 5.39. The number of hydrogen-bond acceptors (Lipinski definition) is 5. The Morgan fingerprint density at radius 2 is 1.71 bits per heavy atom. The lowest BCUT2D eigenvalue weighted by molar-refractivity contribution is -0.119. The lowest BCUT2D eigenvalue weighted by Gasteiger charge is -2.41. The molecule has 0 spiro atoms. The molecule has 2 heterocycles. The number of aromatic nitrogens is 1. The molecule has 0 radical (unpaired) electrons. The molecule has 1 aliphatic rings. The molecule has 3 aromatic carbocycles. The van der Waals surface area contributed by atoms with E-state index in [1.807, 2.05) is 60.3 Å². The van der Waals surface area contributed by atoms with Gasteiger partial charge in [0, 0.05) is 55.0 Å². The summed E-state index contributed by atoms with van der Waals surface area (Å²) < 4.78 is 18.3. The van der Waals surface area contributed by atoms with E-state index in [0.29, 0.717) is 41.5 Å². The molecule has 8 nitrogen and oxygen atoms in total. The van der Waals surface area contributed by atoms with Crippen LogP contribution in [-0.4, -0.2) is 55.8 Å². The Bertz CT molecular complexity index is 1490. The molecule has 2 atom stereocenters. The summed E-state index contributed by atoms with van der Waals surface area (Å²) >= 11 is 0. The molecule has 38 heavy (non-hydrogen) atoms. The van der Waals surface area contributed by atoms with Crippen molar-refractivity contribution in [3.63, 3.8) is 0 Å². The second kappa shape index (κ2) is 10.6. The van der Waals surface area contributed by atoms with E-state index in [-0.39, 0.29) is 11.8 Å². The molecular formula is C30H31N3O5. The Kier molecular flexibility index (Phi) is 7.07. The van der Waals surface area contributed by atoms with Gasteiger partial charge in [0.15, 0.2) is 0 Å². The number of nitrogens with zero attached hydrogens (tertiary/aromatic N) is 2. The lowest BCUT2D eigenvalue weighted by Crippen LogP contribution is -2.47. The highest BCUT2D eigenvalue weighted by Gasteiger charge is 2.45. The smallest absolute Gasteiger partial charge is 0.254 e. The van der Waals surface area contributed by atoms with E-state index in [2.05, 4.69) is 5.32 Å². The molecule has 1 N–H and O–H groups in total. The highest BCUT2D eigenvalue weighted by atomic mass is 16.5. The monoisotopic (exact) mass is 513 g/mol. The summed E-state index contributed by atoms with van der Waals surface area (Å²) in [6, 6.07) is 20.0. The van der Waals surface area contributed by atoms with Gasteiger partial charge in [0.2, 0.25) is 5.91 Å². The van der Waals surface area contributed by atoms with Crippen LogP contribution >= 0.6 is 0 Å². The predicted molar refractivity (Wildman–Crippen MR) is 146 cm³/mol. The van der Waals surface area contributed by atoms with E-state index >= 15 is 0 Å². The van der Waals surface area contributed by atoms with E-state index < -0.39 is 12.0 Å². The maximum Gasteiger partial charge on any atom is 0.254 e. The molecule has 196 valence electrons. The van der Waals surface area contributed by atoms with Crippen molar-refractivity contribution in [2.75, 3.05) is 39.8 Å². The standard InChI is InChI=1S/C30H31N3O5/c1-32-18-23(20-9-7-8-12-25(20)32)28-27(29(34)31-24-17-19(37-3)13-14-26(24)38-4)21-10-5-6-11-22(21)30(35)33(28)15-16-36-2/h5-14,17-18,27-28H,15-16H2,1-4H3,(H,31,34)/t27-,28+/m0/s1. The fraction of sp³-hybridized carbons (Fsp3) is 0.267. The van der Waals surface area contributed by atoms with Gasteiger partial charge in [0.05, 0.1) is 38.5 Å². The van der Waals surface area contributed by atoms with Crippen LogP contribution < -0.4 is 14.8 Å². The number of anilines is 1. The van der Waals surface area contributed by atoms with Crippen LogP contribution in [0.4, 0.5) is 5.69 Å². The molecule has 0 fully saturated rings. The van der Waals surface area contributed by atoms with Crippen LogP contribution in [0.2, 0.25) is 0 Å². The van der Waals surface area contributed by atoms with Gasteiger partial charge in [-0.1, -0.05) is 36.4 Å². The van der Waals surface area contributed by atoms with Gasteiger partial charge >= 0.3 is 0 Å². The number of hydrogen-bond donors (Lipinski definition) is 1. The van der Waals surface area contributed by atoms with Gasteiger partial charge in [0.25, 0.3) is 5.91 Å². The average Bonchev–Trinajstić information content (AvgIpc) is 3.28. The summed E-state index contributed by atoms with van der Waals surface area (Å²) in [7, 11) is 6.70. The van der Waals surface area contributed by atoms with Gasteiger partial charge in [-0.05, 0) is 29.8 Å². The number of methoxy groups -OCH3 is 3. The zero-order valence-electron chi connectivity index (χ0n) is 21.9. The summed E-state index contributed by atoms with van der Waals surface area (Å²) in [6.45, 7) is 0.678. The van der Waals surface area contributed by atoms with E-state index in [1.54, 1.807) is 50.5 Å². The Morgan fingerprint density at radius 1 is 0.947 bits per heavy atom. The third-order valence-electron chi connectivity index (χ3n) is 7.17. The maximum absolute atomic E-state index is 14.3. The first kappa shape index (κ1) is 25.4. The van der Waals surface area contributed by atoms with E-state index in [4.69, 9.17) is 14.2 Å². The number of carbonyl (C=O) groups excluding carboxylic acids is 2. The number of benzene rings is 3. The minimum absolute atomic E-state index is 0.126. The molecule has 8 heteroatoms. The third-order valence-corrected chi connectivity index (χ3v) is 7.17. The second-order valence-electron chi connectivity index (χ2n) is 9.27. The number of amides is 2. The number of para-hydroxylation sites is 1. The Morgan fingerprint density at radius 3 is 2.47 bits per heavy atom. The summed E-state index contributed by atoms with van der Waals surface area (Å²) in [4.78, 5) is 29.9. The van der Waals surface area contributed by atoms with E-state index in [9.17, 15) is 9.59 Å². The molecule has 0 saturated carbocycles. The molecule has 0 saturated heterocycles. The first-order chi connectivity index (χ1) is 18.5. The van der Waals surface area contributed by atoms with Crippen molar-refractivity contribution < 1.29 is 23.8 Å². The lowest BCUT2D eigenvalue weighted by atomic mass is 9.79. The Balaban J connectivity index is 1.69. The number of carbonyl (C=O) groups is 2. The summed E-state index contributed by atoms with van der Waals surface area (Å²) in [6.07, 6.45) is 2.02. The quantitative estimate of drug-likeness (QED) is 0.367. The minimum Gasteiger partial charge on any atom is -0.497 e. The molecule has 4 aromatic rings. The molecule has 1 aliphatic heterocycles. The van der Waals surface area contributed by atoms with Crippen LogP contribution in [0, 0.1) is 0 Å². The predicted octanol–water partition coefficient (Wildman–Crippen LogP) is 4.76. The van der Waals surface area contributed by atoms with Crippen LogP contribution in [0.3, 0.4) is 0 Å². The zero-order valence-corrected chi connectivity index (χ0v) is 21.9. The number of fused-ring (bicyclic) bond motifs is 2. The van der Waals surface area contributed by atoms with Crippen molar-refractivity contribution in [2.24, 2.45) is 7.05 Å². The van der Waals surface area contributed by atoms with Crippen LogP contribution in [0.15, 0.2) is 72.9 Å². The van der Waals surface area contributed by atoms with Crippen molar-refractivity contribution in [1.82, 2.24) is 9.47 Å². The van der Waals surface area contributed by atoms with Crippen LogP contribution in [0.5, 0.6) is 11.5 Å². The number of rotatable bonds is 8. The topological polar surface area (TPSA) is 82.0 Å². The number of nitrogens with one attached hydrogen (secondary N) is 1. The Hall–Kier alpha value is -4.30.